The molecule has 2 aromatic carbocycles. The van der Waals surface area contributed by atoms with Gasteiger partial charge < -0.3 is 24.2 Å². The lowest BCUT2D eigenvalue weighted by molar-refractivity contribution is -0.312. The van der Waals surface area contributed by atoms with Crippen LogP contribution in [0.5, 0.6) is 0 Å². The highest BCUT2D eigenvalue weighted by Gasteiger charge is 2.52. The first-order valence-corrected chi connectivity index (χ1v) is 11.7. The highest BCUT2D eigenvalue weighted by atomic mass is 19.2. The molecule has 2 aliphatic heterocycles. The number of aliphatic hydroxyl groups is 1. The third-order valence-corrected chi connectivity index (χ3v) is 6.20. The van der Waals surface area contributed by atoms with Gasteiger partial charge in [0.15, 0.2) is 29.8 Å². The molecule has 3 heterocycles. The van der Waals surface area contributed by atoms with Crippen molar-refractivity contribution >= 4 is 12.2 Å². The average molecular weight is 531 g/mol. The summed E-state index contributed by atoms with van der Waals surface area (Å²) in [6.45, 7) is 0.0323. The normalized spacial score (nSPS) is 27.3. The number of hydrogen-bond donors (Lipinski definition) is 1. The third-order valence-electron chi connectivity index (χ3n) is 6.20. The molecule has 38 heavy (non-hydrogen) atoms. The van der Waals surface area contributed by atoms with Gasteiger partial charge in [0, 0.05) is 25.2 Å². The van der Waals surface area contributed by atoms with Crippen LogP contribution in [-0.4, -0.2) is 82.4 Å². The lowest BCUT2D eigenvalue weighted by Crippen LogP contribution is -2.61. The van der Waals surface area contributed by atoms with Crippen molar-refractivity contribution in [3.63, 3.8) is 0 Å². The van der Waals surface area contributed by atoms with Crippen molar-refractivity contribution in [3.8, 4) is 11.3 Å². The summed E-state index contributed by atoms with van der Waals surface area (Å²) in [7, 11) is 3.36. The minimum Gasteiger partial charge on any atom is -0.387 e. The molecular formula is C25H24F3N5O5. The maximum atomic E-state index is 13.8. The number of fused-ring (bicyclic) bond motifs is 1. The predicted molar refractivity (Wildman–Crippen MR) is 126 cm³/mol. The van der Waals surface area contributed by atoms with Crippen LogP contribution in [0.4, 0.5) is 13.2 Å². The number of ether oxygens (including phenoxy) is 3. The summed E-state index contributed by atoms with van der Waals surface area (Å²) in [6.07, 6.45) is -2.71. The standard InChI is InChI=1S/C25H24F3N5O5/c1-32(2)12-29-24(35)23-21(34)20(22-18(37-23)11-36-25(38-22)13-6-4-3-5-7-13)33-10-17(30-31-33)14-8-15(26)19(28)16(27)9-14/h3-10,12,18,20-23,25,34H,11H2,1-2H3/b29-12+/t18-,20-,21-,22+,23-,25+/m1/s1. The lowest BCUT2D eigenvalue weighted by atomic mass is 9.91. The molecule has 0 spiro atoms. The lowest BCUT2D eigenvalue weighted by Gasteiger charge is -2.47. The molecule has 2 saturated heterocycles. The number of aromatic nitrogens is 3. The fourth-order valence-electron chi connectivity index (χ4n) is 4.41. The molecule has 3 aromatic rings. The van der Waals surface area contributed by atoms with Crippen LogP contribution in [0.25, 0.3) is 11.3 Å². The second kappa shape index (κ2) is 10.6. The molecule has 6 atom stereocenters. The van der Waals surface area contributed by atoms with Crippen LogP contribution in [0.3, 0.4) is 0 Å². The molecule has 13 heteroatoms. The maximum Gasteiger partial charge on any atom is 0.278 e. The number of amides is 1. The maximum absolute atomic E-state index is 13.8. The number of halogens is 3. The monoisotopic (exact) mass is 531 g/mol. The minimum absolute atomic E-state index is 0.0122. The third kappa shape index (κ3) is 5.05. The van der Waals surface area contributed by atoms with Gasteiger partial charge in [0.2, 0.25) is 0 Å². The summed E-state index contributed by atoms with van der Waals surface area (Å²) < 4.78 is 60.3. The van der Waals surface area contributed by atoms with Gasteiger partial charge >= 0.3 is 0 Å². The number of rotatable bonds is 5. The topological polar surface area (TPSA) is 111 Å². The van der Waals surface area contributed by atoms with Crippen molar-refractivity contribution in [3.05, 3.63) is 71.7 Å². The van der Waals surface area contributed by atoms with E-state index in [2.05, 4.69) is 15.3 Å². The first kappa shape index (κ1) is 26.0. The quantitative estimate of drug-likeness (QED) is 0.303. The van der Waals surface area contributed by atoms with Crippen LogP contribution in [-0.2, 0) is 19.0 Å². The highest BCUT2D eigenvalue weighted by molar-refractivity contribution is 5.88. The van der Waals surface area contributed by atoms with E-state index in [0.717, 1.165) is 17.7 Å². The summed E-state index contributed by atoms with van der Waals surface area (Å²) in [4.78, 5) is 18.2. The molecule has 2 fully saturated rings. The number of hydrogen-bond acceptors (Lipinski definition) is 7. The zero-order valence-electron chi connectivity index (χ0n) is 20.3. The van der Waals surface area contributed by atoms with E-state index >= 15 is 0 Å². The predicted octanol–water partition coefficient (Wildman–Crippen LogP) is 2.26. The van der Waals surface area contributed by atoms with E-state index < -0.39 is 60.1 Å². The van der Waals surface area contributed by atoms with E-state index in [1.165, 1.54) is 17.2 Å². The molecule has 0 radical (unpaired) electrons. The van der Waals surface area contributed by atoms with Crippen molar-refractivity contribution in [1.29, 1.82) is 0 Å². The van der Waals surface area contributed by atoms with Crippen LogP contribution < -0.4 is 0 Å². The molecule has 1 aromatic heterocycles. The Balaban J connectivity index is 1.50. The van der Waals surface area contributed by atoms with E-state index in [-0.39, 0.29) is 17.9 Å². The Hall–Kier alpha value is -3.65. The summed E-state index contributed by atoms with van der Waals surface area (Å²) in [5.41, 5.74) is 0.673. The van der Waals surface area contributed by atoms with Gasteiger partial charge in [0.05, 0.1) is 19.1 Å². The number of nitrogens with zero attached hydrogens (tertiary/aromatic N) is 5. The molecule has 1 N–H and O–H groups in total. The Morgan fingerprint density at radius 2 is 1.87 bits per heavy atom. The Kier molecular flexibility index (Phi) is 7.25. The van der Waals surface area contributed by atoms with Crippen LogP contribution in [0, 0.1) is 17.5 Å². The molecule has 5 rings (SSSR count). The van der Waals surface area contributed by atoms with Gasteiger partial charge in [-0.3, -0.25) is 4.79 Å². The van der Waals surface area contributed by atoms with Crippen molar-refractivity contribution < 1.29 is 37.3 Å². The Morgan fingerprint density at radius 1 is 1.16 bits per heavy atom. The van der Waals surface area contributed by atoms with E-state index in [1.54, 1.807) is 19.0 Å². The van der Waals surface area contributed by atoms with Gasteiger partial charge in [-0.25, -0.2) is 22.8 Å². The number of aliphatic imine (C=N–C) groups is 1. The fourth-order valence-corrected chi connectivity index (χ4v) is 4.41. The van der Waals surface area contributed by atoms with Gasteiger partial charge in [-0.05, 0) is 12.1 Å². The average Bonchev–Trinajstić information content (AvgIpc) is 3.39. The van der Waals surface area contributed by atoms with Crippen molar-refractivity contribution in [2.45, 2.75) is 36.7 Å². The molecule has 2 aliphatic rings. The summed E-state index contributed by atoms with van der Waals surface area (Å²) >= 11 is 0. The van der Waals surface area contributed by atoms with Crippen LogP contribution in [0.15, 0.2) is 53.7 Å². The Labute approximate surface area is 215 Å². The number of benzene rings is 2. The minimum atomic E-state index is -1.61. The van der Waals surface area contributed by atoms with Crippen molar-refractivity contribution in [2.24, 2.45) is 4.99 Å². The Morgan fingerprint density at radius 3 is 2.55 bits per heavy atom. The first-order valence-electron chi connectivity index (χ1n) is 11.7. The van der Waals surface area contributed by atoms with Crippen LogP contribution >= 0.6 is 0 Å². The van der Waals surface area contributed by atoms with Crippen LogP contribution in [0.1, 0.15) is 17.9 Å². The zero-order chi connectivity index (χ0) is 27.0. The van der Waals surface area contributed by atoms with Crippen LogP contribution in [0.2, 0.25) is 0 Å². The smallest absolute Gasteiger partial charge is 0.278 e. The molecule has 0 saturated carbocycles. The molecule has 0 aliphatic carbocycles. The van der Waals surface area contributed by atoms with Gasteiger partial charge in [-0.2, -0.15) is 0 Å². The van der Waals surface area contributed by atoms with E-state index in [0.29, 0.717) is 0 Å². The molecule has 200 valence electrons. The number of aliphatic hydroxyl groups excluding tert-OH is 1. The second-order valence-corrected chi connectivity index (χ2v) is 9.14. The molecular weight excluding hydrogens is 507 g/mol. The van der Waals surface area contributed by atoms with E-state index in [9.17, 15) is 23.1 Å². The van der Waals surface area contributed by atoms with Gasteiger partial charge in [0.1, 0.15) is 30.0 Å². The van der Waals surface area contributed by atoms with Crippen molar-refractivity contribution in [2.75, 3.05) is 20.7 Å². The molecule has 0 bridgehead atoms. The summed E-state index contributed by atoms with van der Waals surface area (Å²) in [6, 6.07) is 9.65. The largest absolute Gasteiger partial charge is 0.387 e. The number of carbonyl (C=O) groups excluding carboxylic acids is 1. The number of carbonyl (C=O) groups is 1. The SMILES string of the molecule is CN(C)/C=N/C(=O)[C@@H]1O[C@@H]2CO[C@H](c3ccccc3)O[C@@H]2[C@H](n2cc(-c3cc(F)c(F)c(F)c3)nn2)[C@H]1O. The fraction of sp³-hybridized carbons (Fsp3) is 0.360. The Bertz CT molecular complexity index is 1310. The highest BCUT2D eigenvalue weighted by Crippen LogP contribution is 2.39. The van der Waals surface area contributed by atoms with Gasteiger partial charge in [0.25, 0.3) is 5.91 Å². The molecule has 10 nitrogen and oxygen atoms in total. The zero-order valence-corrected chi connectivity index (χ0v) is 20.3. The van der Waals surface area contributed by atoms with Gasteiger partial charge in [-0.15, -0.1) is 5.10 Å². The second-order valence-electron chi connectivity index (χ2n) is 9.14. The molecule has 1 amide bonds. The van der Waals surface area contributed by atoms with Gasteiger partial charge in [-0.1, -0.05) is 35.5 Å². The first-order chi connectivity index (χ1) is 18.2. The molecule has 0 unspecified atom stereocenters. The van der Waals surface area contributed by atoms with E-state index in [1.807, 2.05) is 30.3 Å². The summed E-state index contributed by atoms with van der Waals surface area (Å²) in [5.74, 6) is -5.11. The van der Waals surface area contributed by atoms with Crippen molar-refractivity contribution in [1.82, 2.24) is 19.9 Å². The summed E-state index contributed by atoms with van der Waals surface area (Å²) in [5, 5.41) is 19.3. The van der Waals surface area contributed by atoms with E-state index in [4.69, 9.17) is 14.2 Å².